The van der Waals surface area contributed by atoms with E-state index < -0.39 is 5.60 Å². The third kappa shape index (κ3) is 5.06. The molecule has 24 heavy (non-hydrogen) atoms. The minimum Gasteiger partial charge on any atom is -0.385 e. The predicted molar refractivity (Wildman–Crippen MR) is 93.3 cm³/mol. The molecular formula is C19H28N2O3. The summed E-state index contributed by atoms with van der Waals surface area (Å²) in [5, 5.41) is 13.7. The van der Waals surface area contributed by atoms with E-state index in [1.807, 2.05) is 37.3 Å². The van der Waals surface area contributed by atoms with Gasteiger partial charge in [0.05, 0.1) is 12.0 Å². The molecule has 1 fully saturated rings. The molecule has 5 heteroatoms. The van der Waals surface area contributed by atoms with Gasteiger partial charge in [-0.25, -0.2) is 0 Å². The second-order valence-electron chi connectivity index (χ2n) is 6.81. The normalized spacial score (nSPS) is 20.3. The van der Waals surface area contributed by atoms with Crippen LogP contribution in [-0.2, 0) is 15.2 Å². The molecule has 0 spiro atoms. The zero-order valence-electron chi connectivity index (χ0n) is 14.6. The molecule has 0 aliphatic carbocycles. The number of rotatable bonds is 6. The Balaban J connectivity index is 1.93. The van der Waals surface area contributed by atoms with Crippen molar-refractivity contribution >= 4 is 11.8 Å². The summed E-state index contributed by atoms with van der Waals surface area (Å²) in [6.07, 6.45) is 3.16. The van der Waals surface area contributed by atoms with Crippen molar-refractivity contribution < 1.29 is 14.7 Å². The molecule has 5 nitrogen and oxygen atoms in total. The van der Waals surface area contributed by atoms with Gasteiger partial charge in [0.2, 0.25) is 11.8 Å². The molecule has 0 radical (unpaired) electrons. The van der Waals surface area contributed by atoms with Crippen molar-refractivity contribution in [2.75, 3.05) is 13.1 Å². The Bertz CT molecular complexity index is 557. The fourth-order valence-electron chi connectivity index (χ4n) is 3.15. The summed E-state index contributed by atoms with van der Waals surface area (Å²) in [6, 6.07) is 9.27. The van der Waals surface area contributed by atoms with Crippen molar-refractivity contribution in [1.82, 2.24) is 10.2 Å². The van der Waals surface area contributed by atoms with E-state index >= 15 is 0 Å². The summed E-state index contributed by atoms with van der Waals surface area (Å²) >= 11 is 0. The first-order valence-electron chi connectivity index (χ1n) is 8.77. The van der Waals surface area contributed by atoms with Crippen LogP contribution in [0, 0.1) is 0 Å². The van der Waals surface area contributed by atoms with Gasteiger partial charge >= 0.3 is 0 Å². The molecule has 1 saturated heterocycles. The maximum Gasteiger partial charge on any atom is 0.225 e. The third-order valence-electron chi connectivity index (χ3n) is 4.51. The Morgan fingerprint density at radius 2 is 2.04 bits per heavy atom. The van der Waals surface area contributed by atoms with Crippen molar-refractivity contribution in [3.8, 4) is 0 Å². The fourth-order valence-corrected chi connectivity index (χ4v) is 3.15. The van der Waals surface area contributed by atoms with Gasteiger partial charge in [-0.05, 0) is 31.7 Å². The number of piperidine rings is 1. The molecule has 1 aliphatic rings. The Morgan fingerprint density at radius 3 is 2.71 bits per heavy atom. The topological polar surface area (TPSA) is 69.6 Å². The second-order valence-corrected chi connectivity index (χ2v) is 6.81. The zero-order chi connectivity index (χ0) is 17.6. The first-order valence-corrected chi connectivity index (χ1v) is 8.77. The Labute approximate surface area is 144 Å². The van der Waals surface area contributed by atoms with E-state index in [2.05, 4.69) is 5.32 Å². The van der Waals surface area contributed by atoms with Crippen LogP contribution in [0.2, 0.25) is 0 Å². The highest BCUT2D eigenvalue weighted by Gasteiger charge is 2.31. The predicted octanol–water partition coefficient (Wildman–Crippen LogP) is 2.19. The molecule has 0 saturated carbocycles. The van der Waals surface area contributed by atoms with Gasteiger partial charge in [-0.3, -0.25) is 9.59 Å². The Kier molecular flexibility index (Phi) is 6.37. The molecule has 2 amide bonds. The molecule has 1 heterocycles. The number of carbonyl (C=O) groups is 2. The van der Waals surface area contributed by atoms with E-state index in [1.54, 1.807) is 11.8 Å². The molecular weight excluding hydrogens is 304 g/mol. The summed E-state index contributed by atoms with van der Waals surface area (Å²) in [5.74, 6) is -0.0219. The monoisotopic (exact) mass is 332 g/mol. The highest BCUT2D eigenvalue weighted by atomic mass is 16.3. The minimum atomic E-state index is -1.18. The number of hydrogen-bond acceptors (Lipinski definition) is 3. The Hall–Kier alpha value is -1.88. The zero-order valence-corrected chi connectivity index (χ0v) is 14.6. The first kappa shape index (κ1) is 18.5. The molecule has 0 bridgehead atoms. The van der Waals surface area contributed by atoms with Gasteiger partial charge in [0, 0.05) is 25.6 Å². The van der Waals surface area contributed by atoms with Crippen molar-refractivity contribution in [3.63, 3.8) is 0 Å². The summed E-state index contributed by atoms with van der Waals surface area (Å²) in [6.45, 7) is 4.86. The van der Waals surface area contributed by atoms with Gasteiger partial charge in [0.25, 0.3) is 0 Å². The van der Waals surface area contributed by atoms with E-state index in [9.17, 15) is 14.7 Å². The van der Waals surface area contributed by atoms with Gasteiger partial charge in [0.1, 0.15) is 0 Å². The number of hydrogen-bond donors (Lipinski definition) is 2. The third-order valence-corrected chi connectivity index (χ3v) is 4.51. The lowest BCUT2D eigenvalue weighted by Gasteiger charge is -2.35. The number of likely N-dealkylation sites (tertiary alicyclic amines) is 1. The number of amides is 2. The number of carbonyl (C=O) groups excluding carboxylic acids is 2. The van der Waals surface area contributed by atoms with Crippen LogP contribution in [0.3, 0.4) is 0 Å². The van der Waals surface area contributed by atoms with E-state index in [0.717, 1.165) is 24.8 Å². The Morgan fingerprint density at radius 1 is 1.33 bits per heavy atom. The molecule has 132 valence electrons. The average molecular weight is 332 g/mol. The minimum absolute atomic E-state index is 0.0171. The van der Waals surface area contributed by atoms with Crippen LogP contribution in [0.15, 0.2) is 30.3 Å². The van der Waals surface area contributed by atoms with Crippen molar-refractivity contribution in [2.24, 2.45) is 0 Å². The summed E-state index contributed by atoms with van der Waals surface area (Å²) in [7, 11) is 0. The van der Waals surface area contributed by atoms with E-state index in [1.165, 1.54) is 0 Å². The average Bonchev–Trinajstić information content (AvgIpc) is 2.55. The molecule has 2 rings (SSSR count). The number of benzene rings is 1. The highest BCUT2D eigenvalue weighted by molar-refractivity contribution is 5.78. The van der Waals surface area contributed by atoms with E-state index in [-0.39, 0.29) is 24.3 Å². The highest BCUT2D eigenvalue weighted by Crippen LogP contribution is 2.25. The first-order chi connectivity index (χ1) is 11.4. The van der Waals surface area contributed by atoms with Crippen LogP contribution in [-0.4, -0.2) is 41.0 Å². The van der Waals surface area contributed by atoms with Crippen molar-refractivity contribution in [3.05, 3.63) is 35.9 Å². The van der Waals surface area contributed by atoms with Crippen LogP contribution in [0.4, 0.5) is 0 Å². The van der Waals surface area contributed by atoms with Crippen molar-refractivity contribution in [1.29, 1.82) is 0 Å². The maximum absolute atomic E-state index is 12.6. The van der Waals surface area contributed by atoms with Crippen LogP contribution < -0.4 is 5.32 Å². The van der Waals surface area contributed by atoms with Crippen LogP contribution in [0.5, 0.6) is 0 Å². The standard InChI is InChI=1S/C19H28N2O3/c1-3-8-17(22)20-16-11-7-12-21(14-16)18(23)13-19(2,24)15-9-5-4-6-10-15/h4-6,9-10,16,24H,3,7-8,11-14H2,1-2H3,(H,20,22). The summed E-state index contributed by atoms with van der Waals surface area (Å²) in [5.41, 5.74) is -0.445. The lowest BCUT2D eigenvalue weighted by molar-refractivity contribution is -0.138. The number of nitrogens with one attached hydrogen (secondary N) is 1. The molecule has 1 aromatic carbocycles. The van der Waals surface area contributed by atoms with Gasteiger partial charge in [-0.15, -0.1) is 0 Å². The largest absolute Gasteiger partial charge is 0.385 e. The van der Waals surface area contributed by atoms with E-state index in [4.69, 9.17) is 0 Å². The lowest BCUT2D eigenvalue weighted by Crippen LogP contribution is -2.50. The number of nitrogens with zero attached hydrogens (tertiary/aromatic N) is 1. The van der Waals surface area contributed by atoms with Crippen LogP contribution in [0.1, 0.15) is 51.5 Å². The SMILES string of the molecule is CCCC(=O)NC1CCCN(C(=O)CC(C)(O)c2ccccc2)C1. The lowest BCUT2D eigenvalue weighted by atomic mass is 9.91. The fraction of sp³-hybridized carbons (Fsp3) is 0.579. The van der Waals surface area contributed by atoms with Gasteiger partial charge in [0.15, 0.2) is 0 Å². The molecule has 2 N–H and O–H groups in total. The molecule has 2 unspecified atom stereocenters. The maximum atomic E-state index is 12.6. The van der Waals surface area contributed by atoms with Crippen LogP contribution in [0.25, 0.3) is 0 Å². The number of aliphatic hydroxyl groups is 1. The molecule has 0 aromatic heterocycles. The van der Waals surface area contributed by atoms with Crippen LogP contribution >= 0.6 is 0 Å². The van der Waals surface area contributed by atoms with E-state index in [0.29, 0.717) is 19.5 Å². The smallest absolute Gasteiger partial charge is 0.225 e. The quantitative estimate of drug-likeness (QED) is 0.839. The van der Waals surface area contributed by atoms with Gasteiger partial charge in [-0.2, -0.15) is 0 Å². The van der Waals surface area contributed by atoms with Crippen molar-refractivity contribution in [2.45, 2.75) is 57.6 Å². The molecule has 1 aliphatic heterocycles. The molecule has 1 aromatic rings. The second kappa shape index (κ2) is 8.29. The summed E-state index contributed by atoms with van der Waals surface area (Å²) in [4.78, 5) is 26.1. The molecule has 2 atom stereocenters. The van der Waals surface area contributed by atoms with Gasteiger partial charge in [-0.1, -0.05) is 37.3 Å². The van der Waals surface area contributed by atoms with Gasteiger partial charge < -0.3 is 15.3 Å². The summed E-state index contributed by atoms with van der Waals surface area (Å²) < 4.78 is 0.